The van der Waals surface area contributed by atoms with Gasteiger partial charge in [-0.3, -0.25) is 52.7 Å². The fourth-order valence-electron chi connectivity index (χ4n) is 12.0. The van der Waals surface area contributed by atoms with Gasteiger partial charge in [-0.15, -0.1) is 0 Å². The molecule has 1 fully saturated rings. The van der Waals surface area contributed by atoms with Crippen LogP contribution in [-0.2, 0) is 52.7 Å². The van der Waals surface area contributed by atoms with Gasteiger partial charge in [0.05, 0.1) is 6.10 Å². The second-order valence-corrected chi connectivity index (χ2v) is 29.9. The number of aliphatic hydroxyl groups excluding tert-OH is 1. The Morgan fingerprint density at radius 3 is 1.39 bits per heavy atom. The Hall–Kier alpha value is -5.82. The lowest BCUT2D eigenvalue weighted by Gasteiger charge is -2.41. The molecule has 1 aliphatic heterocycles. The van der Waals surface area contributed by atoms with Gasteiger partial charge >= 0.3 is 0 Å². The van der Waals surface area contributed by atoms with Gasteiger partial charge < -0.3 is 65.6 Å². The van der Waals surface area contributed by atoms with Gasteiger partial charge in [-0.25, -0.2) is 0 Å². The van der Waals surface area contributed by atoms with Gasteiger partial charge in [0.1, 0.15) is 66.5 Å². The third-order valence-corrected chi connectivity index (χ3v) is 19.4. The molecule has 0 aromatic rings. The average molecular weight is 1360 g/mol. The molecule has 1 aliphatic rings. The molecule has 11 amide bonds. The number of carbonyl (C=O) groups is 11. The Labute approximate surface area is 575 Å². The molecular weight excluding hydrogens is 1230 g/mol. The highest BCUT2D eigenvalue weighted by atomic mass is 32.2. The molecule has 25 heteroatoms. The molecule has 24 nitrogen and oxygen atoms in total. The van der Waals surface area contributed by atoms with Crippen molar-refractivity contribution in [2.75, 3.05) is 80.5 Å². The largest absolute Gasteiger partial charge is 0.390 e. The number of amides is 11. The van der Waals surface area contributed by atoms with E-state index in [-0.39, 0.29) is 61.5 Å². The van der Waals surface area contributed by atoms with Crippen LogP contribution in [0.25, 0.3) is 0 Å². The van der Waals surface area contributed by atoms with Crippen molar-refractivity contribution in [3.63, 3.8) is 0 Å². The second-order valence-electron chi connectivity index (χ2n) is 28.8. The zero-order valence-corrected chi connectivity index (χ0v) is 63.9. The number of hydrogen-bond acceptors (Lipinski definition) is 14. The highest BCUT2D eigenvalue weighted by Crippen LogP contribution is 2.26. The molecule has 546 valence electrons. The van der Waals surface area contributed by atoms with Crippen molar-refractivity contribution >= 4 is 76.7 Å². The quantitative estimate of drug-likeness (QED) is 0.0658. The standard InChI is InChI=1S/C70H128N12O12S/c1-27-31-32-47(17)59(83)58-63(87)73-50(28-2)65(89)79(24)55(40-95-36-35-82(29-3)30-4)68(92)76(21)52(37-42(7)8)62(86)74-56(45(13)14)69(93)75(20)51(34-33-41(5)6)61(85)71-48(18)60(84)72-49(19)64(88)77(22)53(38-43(9)10)66(90)78(23)54(39-44(11)12)67(91)80(25)57(46(15)16)70(94)81(58)26/h27,31,41-59,83H,28-30,32-40H2,1-26H3,(H,71,85)(H,72,84)(H,73,87)(H,74,86)/b31-27+/t47-,48-,49+,50+,51-,52+,53+,54+,55-,56-,57+,58+,59-/m1/s1. The van der Waals surface area contributed by atoms with Crippen LogP contribution in [0.2, 0.25) is 0 Å². The highest BCUT2D eigenvalue weighted by Gasteiger charge is 2.46. The molecule has 0 saturated carbocycles. The fourth-order valence-corrected chi connectivity index (χ4v) is 13.2. The van der Waals surface area contributed by atoms with E-state index in [1.807, 2.05) is 82.2 Å². The molecule has 95 heavy (non-hydrogen) atoms. The minimum absolute atomic E-state index is 0.0111. The third kappa shape index (κ3) is 25.5. The van der Waals surface area contributed by atoms with Crippen LogP contribution in [0.4, 0.5) is 0 Å². The summed E-state index contributed by atoms with van der Waals surface area (Å²) in [5.41, 5.74) is 0. The predicted molar refractivity (Wildman–Crippen MR) is 377 cm³/mol. The number of carbonyl (C=O) groups excluding carboxylic acids is 11. The number of thioether (sulfide) groups is 1. The van der Waals surface area contributed by atoms with Gasteiger partial charge in [-0.05, 0) is 120 Å². The van der Waals surface area contributed by atoms with Gasteiger partial charge in [0.25, 0.3) is 0 Å². The average Bonchev–Trinajstić information content (AvgIpc) is 0.809. The molecule has 1 saturated heterocycles. The second kappa shape index (κ2) is 41.4. The maximum atomic E-state index is 15.4. The number of likely N-dealkylation sites (N-methyl/N-ethyl adjacent to an activating group) is 7. The number of allylic oxidation sites excluding steroid dienone is 2. The first-order valence-electron chi connectivity index (χ1n) is 34.8. The van der Waals surface area contributed by atoms with Crippen LogP contribution >= 0.6 is 11.8 Å². The monoisotopic (exact) mass is 1360 g/mol. The summed E-state index contributed by atoms with van der Waals surface area (Å²) in [4.78, 5) is 176. The summed E-state index contributed by atoms with van der Waals surface area (Å²) in [5, 5.41) is 23.6. The van der Waals surface area contributed by atoms with Crippen LogP contribution in [0, 0.1) is 41.4 Å². The Morgan fingerprint density at radius 2 is 0.916 bits per heavy atom. The Morgan fingerprint density at radius 1 is 0.474 bits per heavy atom. The minimum atomic E-state index is -1.63. The Bertz CT molecular complexity index is 2550. The molecule has 0 radical (unpaired) electrons. The normalized spacial score (nSPS) is 26.2. The van der Waals surface area contributed by atoms with E-state index in [9.17, 15) is 29.1 Å². The summed E-state index contributed by atoms with van der Waals surface area (Å²) in [7, 11) is 10.2. The minimum Gasteiger partial charge on any atom is -0.390 e. The van der Waals surface area contributed by atoms with Gasteiger partial charge in [-0.2, -0.15) is 11.8 Å². The van der Waals surface area contributed by atoms with Crippen molar-refractivity contribution in [2.45, 2.75) is 249 Å². The maximum Gasteiger partial charge on any atom is 0.246 e. The predicted octanol–water partition coefficient (Wildman–Crippen LogP) is 5.10. The SMILES string of the molecule is C/C=C/C[C@@H](C)[C@@H](O)[C@H]1C(=O)N[C@@H](CC)C(=O)N(C)[C@H](CSCCN(CC)CC)C(=O)N(C)[C@@H](CC(C)C)C(=O)N[C@H](C(C)C)C(=O)N(C)[C@H](CCC(C)C)C(=O)N[C@H](C)C(=O)N[C@@H](C)C(=O)N(C)[C@@H](CC(C)C)C(=O)N(C)[C@@H](CC(C)C)C(=O)N(C)[C@@H](C(C)C)C(=O)N1C. The van der Waals surface area contributed by atoms with Crippen LogP contribution in [0.5, 0.6) is 0 Å². The lowest BCUT2D eigenvalue weighted by atomic mass is 9.91. The molecule has 0 aromatic carbocycles. The first kappa shape index (κ1) is 87.2. The summed E-state index contributed by atoms with van der Waals surface area (Å²) < 4.78 is 0. The van der Waals surface area contributed by atoms with E-state index in [0.717, 1.165) is 18.0 Å². The molecule has 5 N–H and O–H groups in total. The molecular formula is C70H128N12O12S. The lowest BCUT2D eigenvalue weighted by Crippen LogP contribution is -2.64. The van der Waals surface area contributed by atoms with Gasteiger partial charge in [0.2, 0.25) is 65.0 Å². The van der Waals surface area contributed by atoms with E-state index in [0.29, 0.717) is 25.1 Å². The first-order chi connectivity index (χ1) is 44.1. The molecule has 0 unspecified atom stereocenters. The van der Waals surface area contributed by atoms with Crippen molar-refractivity contribution in [3.8, 4) is 0 Å². The van der Waals surface area contributed by atoms with E-state index >= 15 is 28.8 Å². The van der Waals surface area contributed by atoms with E-state index < -0.39 is 155 Å². The van der Waals surface area contributed by atoms with Crippen LogP contribution in [-0.4, -0.2) is 262 Å². The van der Waals surface area contributed by atoms with Crippen LogP contribution < -0.4 is 21.3 Å². The summed E-state index contributed by atoms with van der Waals surface area (Å²) in [6, 6.07) is -13.7. The number of hydrogen-bond donors (Lipinski definition) is 5. The molecule has 1 rings (SSSR count). The van der Waals surface area contributed by atoms with Crippen molar-refractivity contribution in [1.82, 2.24) is 60.5 Å². The van der Waals surface area contributed by atoms with Crippen molar-refractivity contribution < 1.29 is 57.8 Å². The zero-order valence-electron chi connectivity index (χ0n) is 63.0. The van der Waals surface area contributed by atoms with E-state index in [1.54, 1.807) is 47.6 Å². The summed E-state index contributed by atoms with van der Waals surface area (Å²) in [6.07, 6.45) is 3.53. The third-order valence-electron chi connectivity index (χ3n) is 18.4. The van der Waals surface area contributed by atoms with Gasteiger partial charge in [-0.1, -0.05) is 123 Å². The molecule has 1 heterocycles. The molecule has 0 spiro atoms. The van der Waals surface area contributed by atoms with Gasteiger partial charge in [0.15, 0.2) is 0 Å². The number of nitrogens with one attached hydrogen (secondary N) is 4. The molecule has 0 aromatic heterocycles. The van der Waals surface area contributed by atoms with Crippen LogP contribution in [0.1, 0.15) is 176 Å². The van der Waals surface area contributed by atoms with Crippen molar-refractivity contribution in [1.29, 1.82) is 0 Å². The molecule has 0 aliphatic carbocycles. The number of rotatable bonds is 23. The highest BCUT2D eigenvalue weighted by molar-refractivity contribution is 7.99. The first-order valence-corrected chi connectivity index (χ1v) is 35.9. The van der Waals surface area contributed by atoms with E-state index in [4.69, 9.17) is 0 Å². The number of nitrogens with zero attached hydrogens (tertiary/aromatic N) is 8. The van der Waals surface area contributed by atoms with Crippen molar-refractivity contribution in [2.24, 2.45) is 41.4 Å². The summed E-state index contributed by atoms with van der Waals surface area (Å²) in [6.45, 7) is 36.7. The van der Waals surface area contributed by atoms with Gasteiger partial charge in [0, 0.05) is 67.4 Å². The van der Waals surface area contributed by atoms with Crippen molar-refractivity contribution in [3.05, 3.63) is 12.2 Å². The number of aliphatic hydroxyl groups is 1. The summed E-state index contributed by atoms with van der Waals surface area (Å²) in [5.74, 6) is -8.77. The lowest BCUT2D eigenvalue weighted by molar-refractivity contribution is -0.157. The van der Waals surface area contributed by atoms with Crippen LogP contribution in [0.3, 0.4) is 0 Å². The van der Waals surface area contributed by atoms with Crippen LogP contribution in [0.15, 0.2) is 12.2 Å². The van der Waals surface area contributed by atoms with E-state index in [1.165, 1.54) is 104 Å². The Kier molecular flexibility index (Phi) is 38.0. The fraction of sp³-hybridized carbons (Fsp3) is 0.814. The Balaban J connectivity index is 4.57. The van der Waals surface area contributed by atoms with E-state index in [2.05, 4.69) is 26.2 Å². The topological polar surface area (TPSA) is 282 Å². The smallest absolute Gasteiger partial charge is 0.246 e. The molecule has 13 atom stereocenters. The zero-order chi connectivity index (χ0) is 73.4. The molecule has 0 bridgehead atoms. The maximum absolute atomic E-state index is 15.4. The summed E-state index contributed by atoms with van der Waals surface area (Å²) >= 11 is 1.45.